The van der Waals surface area contributed by atoms with E-state index in [0.717, 1.165) is 44.0 Å². The van der Waals surface area contributed by atoms with Crippen LogP contribution in [-0.4, -0.2) is 31.7 Å². The first-order valence-electron chi connectivity index (χ1n) is 5.76. The zero-order valence-electron chi connectivity index (χ0n) is 10.1. The van der Waals surface area contributed by atoms with Crippen LogP contribution in [0.4, 0.5) is 5.82 Å². The second kappa shape index (κ2) is 7.06. The van der Waals surface area contributed by atoms with E-state index in [0.29, 0.717) is 0 Å². The molecule has 16 heavy (non-hydrogen) atoms. The largest absolute Gasteiger partial charge is 0.495 e. The SMILES string of the molecule is CCCN(CCCN)c1ccc(OC)cn1. The van der Waals surface area contributed by atoms with Crippen LogP contribution in [0.2, 0.25) is 0 Å². The monoisotopic (exact) mass is 223 g/mol. The number of ether oxygens (including phenoxy) is 1. The summed E-state index contributed by atoms with van der Waals surface area (Å²) in [6, 6.07) is 3.93. The van der Waals surface area contributed by atoms with Crippen molar-refractivity contribution in [3.8, 4) is 5.75 Å². The first kappa shape index (κ1) is 12.8. The Morgan fingerprint density at radius 1 is 1.38 bits per heavy atom. The lowest BCUT2D eigenvalue weighted by atomic mass is 10.3. The molecule has 4 nitrogen and oxygen atoms in total. The number of pyridine rings is 1. The van der Waals surface area contributed by atoms with Gasteiger partial charge in [-0.05, 0) is 31.5 Å². The number of methoxy groups -OCH3 is 1. The van der Waals surface area contributed by atoms with Gasteiger partial charge in [-0.15, -0.1) is 0 Å². The molecule has 0 amide bonds. The lowest BCUT2D eigenvalue weighted by Crippen LogP contribution is -2.27. The van der Waals surface area contributed by atoms with E-state index >= 15 is 0 Å². The second-order valence-electron chi connectivity index (χ2n) is 3.69. The van der Waals surface area contributed by atoms with Crippen LogP contribution in [0.25, 0.3) is 0 Å². The van der Waals surface area contributed by atoms with Gasteiger partial charge in [0.2, 0.25) is 0 Å². The van der Waals surface area contributed by atoms with Gasteiger partial charge >= 0.3 is 0 Å². The van der Waals surface area contributed by atoms with Crippen LogP contribution in [-0.2, 0) is 0 Å². The molecular formula is C12H21N3O. The first-order chi connectivity index (χ1) is 7.81. The van der Waals surface area contributed by atoms with Gasteiger partial charge < -0.3 is 15.4 Å². The van der Waals surface area contributed by atoms with Gasteiger partial charge in [0.05, 0.1) is 13.3 Å². The third-order valence-corrected chi connectivity index (χ3v) is 2.41. The molecule has 0 spiro atoms. The average molecular weight is 223 g/mol. The molecule has 1 heterocycles. The van der Waals surface area contributed by atoms with Gasteiger partial charge in [-0.25, -0.2) is 4.98 Å². The van der Waals surface area contributed by atoms with Gasteiger partial charge in [0.1, 0.15) is 11.6 Å². The summed E-state index contributed by atoms with van der Waals surface area (Å²) in [6.45, 7) is 4.86. The topological polar surface area (TPSA) is 51.4 Å². The molecule has 0 bridgehead atoms. The minimum Gasteiger partial charge on any atom is -0.495 e. The molecule has 0 aromatic carbocycles. The number of nitrogens with two attached hydrogens (primary N) is 1. The maximum Gasteiger partial charge on any atom is 0.137 e. The molecule has 4 heteroatoms. The van der Waals surface area contributed by atoms with E-state index in [2.05, 4.69) is 16.8 Å². The molecule has 1 aromatic heterocycles. The Kier molecular flexibility index (Phi) is 5.64. The standard InChI is InChI=1S/C12H21N3O/c1-3-8-15(9-4-7-13)12-6-5-11(16-2)10-14-12/h5-6,10H,3-4,7-9,13H2,1-2H3. The lowest BCUT2D eigenvalue weighted by molar-refractivity contribution is 0.413. The molecule has 0 unspecified atom stereocenters. The summed E-state index contributed by atoms with van der Waals surface area (Å²) >= 11 is 0. The Morgan fingerprint density at radius 2 is 2.19 bits per heavy atom. The van der Waals surface area contributed by atoms with Crippen molar-refractivity contribution < 1.29 is 4.74 Å². The molecule has 0 aliphatic rings. The molecule has 1 rings (SSSR count). The molecule has 2 N–H and O–H groups in total. The molecule has 1 aromatic rings. The fourth-order valence-corrected chi connectivity index (χ4v) is 1.57. The normalized spacial score (nSPS) is 10.2. The molecule has 90 valence electrons. The minimum atomic E-state index is 0.719. The average Bonchev–Trinajstić information content (AvgIpc) is 2.35. The molecule has 0 atom stereocenters. The summed E-state index contributed by atoms with van der Waals surface area (Å²) < 4.78 is 5.09. The molecule has 0 radical (unpaired) electrons. The summed E-state index contributed by atoms with van der Waals surface area (Å²) in [4.78, 5) is 6.64. The highest BCUT2D eigenvalue weighted by atomic mass is 16.5. The molecule has 0 aliphatic carbocycles. The van der Waals surface area contributed by atoms with E-state index < -0.39 is 0 Å². The highest BCUT2D eigenvalue weighted by Crippen LogP contribution is 2.15. The lowest BCUT2D eigenvalue weighted by Gasteiger charge is -2.22. The van der Waals surface area contributed by atoms with Crippen LogP contribution in [0.1, 0.15) is 19.8 Å². The van der Waals surface area contributed by atoms with E-state index in [1.54, 1.807) is 13.3 Å². The van der Waals surface area contributed by atoms with Crippen LogP contribution in [0, 0.1) is 0 Å². The van der Waals surface area contributed by atoms with E-state index in [4.69, 9.17) is 10.5 Å². The number of hydrogen-bond donors (Lipinski definition) is 1. The Bertz CT molecular complexity index is 287. The number of aromatic nitrogens is 1. The zero-order chi connectivity index (χ0) is 11.8. The fraction of sp³-hybridized carbons (Fsp3) is 0.583. The van der Waals surface area contributed by atoms with Crippen LogP contribution in [0.5, 0.6) is 5.75 Å². The molecule has 0 saturated carbocycles. The first-order valence-corrected chi connectivity index (χ1v) is 5.76. The maximum absolute atomic E-state index is 5.53. The van der Waals surface area contributed by atoms with Crippen molar-refractivity contribution in [3.63, 3.8) is 0 Å². The number of rotatable bonds is 7. The number of hydrogen-bond acceptors (Lipinski definition) is 4. The van der Waals surface area contributed by atoms with Gasteiger partial charge in [-0.3, -0.25) is 0 Å². The summed E-state index contributed by atoms with van der Waals surface area (Å²) in [6.07, 6.45) is 3.85. The van der Waals surface area contributed by atoms with Crippen LogP contribution >= 0.6 is 0 Å². The Labute approximate surface area is 97.4 Å². The highest BCUT2D eigenvalue weighted by molar-refractivity contribution is 5.40. The highest BCUT2D eigenvalue weighted by Gasteiger charge is 2.06. The maximum atomic E-state index is 5.53. The summed E-state index contributed by atoms with van der Waals surface area (Å²) in [5, 5.41) is 0. The summed E-state index contributed by atoms with van der Waals surface area (Å²) in [7, 11) is 1.65. The number of anilines is 1. The quantitative estimate of drug-likeness (QED) is 0.763. The van der Waals surface area contributed by atoms with E-state index in [-0.39, 0.29) is 0 Å². The zero-order valence-corrected chi connectivity index (χ0v) is 10.1. The van der Waals surface area contributed by atoms with Crippen LogP contribution in [0.15, 0.2) is 18.3 Å². The Hall–Kier alpha value is -1.29. The molecule has 0 aliphatic heterocycles. The molecule has 0 saturated heterocycles. The predicted octanol–water partition coefficient (Wildman–Crippen LogP) is 1.66. The van der Waals surface area contributed by atoms with Crippen molar-refractivity contribution in [2.45, 2.75) is 19.8 Å². The van der Waals surface area contributed by atoms with Gasteiger partial charge in [-0.1, -0.05) is 6.92 Å². The second-order valence-corrected chi connectivity index (χ2v) is 3.69. The summed E-state index contributed by atoms with van der Waals surface area (Å²) in [5.74, 6) is 1.79. The van der Waals surface area contributed by atoms with Crippen molar-refractivity contribution >= 4 is 5.82 Å². The summed E-state index contributed by atoms with van der Waals surface area (Å²) in [5.41, 5.74) is 5.53. The van der Waals surface area contributed by atoms with E-state index in [1.807, 2.05) is 12.1 Å². The minimum absolute atomic E-state index is 0.719. The number of nitrogens with zero attached hydrogens (tertiary/aromatic N) is 2. The van der Waals surface area contributed by atoms with Gasteiger partial charge in [0.15, 0.2) is 0 Å². The van der Waals surface area contributed by atoms with Crippen LogP contribution < -0.4 is 15.4 Å². The third-order valence-electron chi connectivity index (χ3n) is 2.41. The van der Waals surface area contributed by atoms with Gasteiger partial charge in [0.25, 0.3) is 0 Å². The Morgan fingerprint density at radius 3 is 2.69 bits per heavy atom. The predicted molar refractivity (Wildman–Crippen MR) is 67.0 cm³/mol. The smallest absolute Gasteiger partial charge is 0.137 e. The van der Waals surface area contributed by atoms with Gasteiger partial charge in [0, 0.05) is 13.1 Å². The molecule has 0 fully saturated rings. The van der Waals surface area contributed by atoms with Crippen molar-refractivity contribution in [3.05, 3.63) is 18.3 Å². The van der Waals surface area contributed by atoms with Crippen molar-refractivity contribution in [1.82, 2.24) is 4.98 Å². The third kappa shape index (κ3) is 3.70. The van der Waals surface area contributed by atoms with Gasteiger partial charge in [-0.2, -0.15) is 0 Å². The molecular weight excluding hydrogens is 202 g/mol. The van der Waals surface area contributed by atoms with Crippen molar-refractivity contribution in [2.75, 3.05) is 31.6 Å². The fourth-order valence-electron chi connectivity index (χ4n) is 1.57. The van der Waals surface area contributed by atoms with E-state index in [9.17, 15) is 0 Å². The van der Waals surface area contributed by atoms with Crippen molar-refractivity contribution in [1.29, 1.82) is 0 Å². The van der Waals surface area contributed by atoms with Crippen LogP contribution in [0.3, 0.4) is 0 Å². The Balaban J connectivity index is 2.67. The van der Waals surface area contributed by atoms with E-state index in [1.165, 1.54) is 0 Å². The van der Waals surface area contributed by atoms with Crippen molar-refractivity contribution in [2.24, 2.45) is 5.73 Å².